The number of nitrogens with zero attached hydrogens (tertiary/aromatic N) is 7. The molecule has 4 heterocycles. The lowest BCUT2D eigenvalue weighted by Gasteiger charge is -2.41. The molecule has 0 aliphatic carbocycles. The van der Waals surface area contributed by atoms with Gasteiger partial charge in [0.2, 0.25) is 33.7 Å². The van der Waals surface area contributed by atoms with E-state index in [1.54, 1.807) is 61.1 Å². The largest absolute Gasteiger partial charge is 0.494 e. The molecule has 2 fully saturated rings. The van der Waals surface area contributed by atoms with Crippen LogP contribution in [0.1, 0.15) is 66.4 Å². The van der Waals surface area contributed by atoms with Gasteiger partial charge in [-0.1, -0.05) is 10.1 Å². The van der Waals surface area contributed by atoms with E-state index in [1.165, 1.54) is 26.0 Å². The lowest BCUT2D eigenvalue weighted by molar-refractivity contribution is -0.433. The highest BCUT2D eigenvalue weighted by atomic mass is 32.2. The van der Waals surface area contributed by atoms with Gasteiger partial charge in [0.15, 0.2) is 12.2 Å². The van der Waals surface area contributed by atoms with Crippen LogP contribution < -0.4 is 41.4 Å². The third-order valence-electron chi connectivity index (χ3n) is 17.6. The van der Waals surface area contributed by atoms with Gasteiger partial charge in [0.05, 0.1) is 106 Å². The molecule has 2 saturated heterocycles. The van der Waals surface area contributed by atoms with Crippen molar-refractivity contribution in [3.63, 3.8) is 0 Å². The number of aromatic nitrogens is 4. The highest BCUT2D eigenvalue weighted by Gasteiger charge is 2.47. The van der Waals surface area contributed by atoms with Gasteiger partial charge in [-0.3, -0.25) is 67.4 Å². The number of benzene rings is 2. The van der Waals surface area contributed by atoms with E-state index >= 15 is 0 Å². The molecule has 644 valence electrons. The number of carbonyl (C=O) groups excluding carboxylic acids is 5. The first-order chi connectivity index (χ1) is 55.2. The Hall–Kier alpha value is -8.12. The van der Waals surface area contributed by atoms with Crippen molar-refractivity contribution in [1.82, 2.24) is 70.7 Å². The van der Waals surface area contributed by atoms with Crippen LogP contribution >= 0.6 is 24.1 Å². The Morgan fingerprint density at radius 3 is 1.81 bits per heavy atom. The molecule has 47 heteroatoms. The Labute approximate surface area is 670 Å². The molecule has 0 bridgehead atoms. The number of rotatable bonds is 55. The zero-order valence-electron chi connectivity index (χ0n) is 63.7. The SMILES string of the molecule is Cc1cc(OCCCC(=O)NCCCOCCOCCOCCCNC(=O)[C@@H](CCC(=O)NCCOC2OC(CSOOO)C(O)C(SOOO)C2O)NC(=O)CN2CCN(CC(=O)O)CCN(CC(=O)O)CCN(CC(=O)O)CC2)cc(C)c1S(=O)(=O)NC(CNC(=O)c1ccc2c(cnn2CCCNc2ncc[nH]2)c1)C(=O)O. The van der Waals surface area contributed by atoms with Crippen molar-refractivity contribution in [3.8, 4) is 5.75 Å². The first-order valence-corrected chi connectivity index (χ1v) is 40.1. The summed E-state index contributed by atoms with van der Waals surface area (Å²) in [6.45, 7) is 4.90. The number of hydrogen-bond acceptors (Lipinski definition) is 34. The predicted molar refractivity (Wildman–Crippen MR) is 407 cm³/mol. The lowest BCUT2D eigenvalue weighted by atomic mass is 10.0. The number of aromatic amines is 1. The van der Waals surface area contributed by atoms with Crippen molar-refractivity contribution in [2.75, 3.05) is 175 Å². The van der Waals surface area contributed by atoms with Crippen LogP contribution in [0.2, 0.25) is 0 Å². The maximum atomic E-state index is 13.9. The Morgan fingerprint density at radius 2 is 1.23 bits per heavy atom. The standard InChI is InChI=1S/C68H105N15O29S3/c1-45-35-49(36-46(2)63(45)115(101,102)78-51(66(97)98)39-75-64(95)47-8-10-52-48(37-47)38-76-83(52)18-4-12-72-68-73-15-16-74-68)106-29-3-7-54(84)69-13-5-27-103-31-33-105-34-32-104-28-6-14-71-65(96)50(9-11-55(85)70-17-30-107-67-61(94)62(114-112-110-100)60(93)53(108-67)44-113-111-109-99)77-56(86)40-79-19-21-80(41-57(87)88)23-25-82(43-59(91)92)26-24-81(22-20-79)42-58(89)90/h8,10,15-16,35-38,50-51,53,60-62,67,78,93-94,99-100H,3-7,9,11-14,17-34,39-44H2,1-2H3,(H,69,84)(H,70,85)(H,71,96)(H,75,95)(H,77,86)(H,87,88)(H,89,90)(H,91,92)(H,97,98)(H2,72,73,74)/t50-,51?,53?,60?,61?,62?,67?/m1/s1. The van der Waals surface area contributed by atoms with E-state index in [0.29, 0.717) is 86.7 Å². The fourth-order valence-corrected chi connectivity index (χ4v) is 14.8. The van der Waals surface area contributed by atoms with E-state index in [2.05, 4.69) is 70.4 Å². The molecule has 4 aromatic rings. The number of aliphatic hydroxyl groups is 2. The van der Waals surface area contributed by atoms with E-state index in [-0.39, 0.29) is 177 Å². The van der Waals surface area contributed by atoms with E-state index in [9.17, 15) is 82.2 Å². The molecular formula is C68H105N15O29S3. The summed E-state index contributed by atoms with van der Waals surface area (Å²) < 4.78 is 74.2. The van der Waals surface area contributed by atoms with E-state index < -0.39 is 119 Å². The highest BCUT2D eigenvalue weighted by molar-refractivity contribution is 7.95. The van der Waals surface area contributed by atoms with Crippen LogP contribution in [0.25, 0.3) is 10.9 Å². The third kappa shape index (κ3) is 36.1. The number of H-pyrrole nitrogens is 1. The normalized spacial score (nSPS) is 18.2. The quantitative estimate of drug-likeness (QED) is 0.00992. The molecule has 0 spiro atoms. The average Bonchev–Trinajstić information content (AvgIpc) is 1.26. The molecule has 0 radical (unpaired) electrons. The van der Waals surface area contributed by atoms with E-state index in [4.69, 9.17) is 38.9 Å². The molecule has 0 saturated carbocycles. The molecule has 2 aromatic carbocycles. The summed E-state index contributed by atoms with van der Waals surface area (Å²) in [5.74, 6) is -6.77. The van der Waals surface area contributed by atoms with E-state index in [1.807, 2.05) is 0 Å². The van der Waals surface area contributed by atoms with Crippen LogP contribution in [0.3, 0.4) is 0 Å². The van der Waals surface area contributed by atoms with Crippen LogP contribution in [0.15, 0.2) is 53.8 Å². The minimum absolute atomic E-state index is 0.0872. The summed E-state index contributed by atoms with van der Waals surface area (Å²) in [5.41, 5.74) is 1.56. The van der Waals surface area contributed by atoms with Crippen LogP contribution in [-0.4, -0.2) is 354 Å². The van der Waals surface area contributed by atoms with Gasteiger partial charge >= 0.3 is 23.9 Å². The smallest absolute Gasteiger partial charge is 0.323 e. The van der Waals surface area contributed by atoms with E-state index in [0.717, 1.165) is 11.9 Å². The summed E-state index contributed by atoms with van der Waals surface area (Å²) in [4.78, 5) is 128. The molecule has 2 aliphatic rings. The van der Waals surface area contributed by atoms with Gasteiger partial charge < -0.3 is 95.9 Å². The van der Waals surface area contributed by atoms with Crippen LogP contribution in [0.4, 0.5) is 5.95 Å². The average molecular weight is 1690 g/mol. The number of amides is 5. The second kappa shape index (κ2) is 52.5. The molecule has 6 unspecified atom stereocenters. The number of carboxylic acids is 4. The molecule has 2 aromatic heterocycles. The predicted octanol–water partition coefficient (Wildman–Crippen LogP) is -1.91. The second-order valence-electron chi connectivity index (χ2n) is 26.4. The number of carboxylic acid groups (broad SMARTS) is 4. The monoisotopic (exact) mass is 1690 g/mol. The summed E-state index contributed by atoms with van der Waals surface area (Å²) in [7, 11) is -4.43. The fourth-order valence-electron chi connectivity index (χ4n) is 12.0. The van der Waals surface area contributed by atoms with Crippen LogP contribution in [-0.2, 0) is 97.4 Å². The minimum atomic E-state index is -4.43. The number of nitrogens with one attached hydrogen (secondary N) is 8. The number of aliphatic hydroxyl groups excluding tert-OH is 2. The molecule has 6 rings (SSSR count). The Balaban J connectivity index is 0.861. The maximum absolute atomic E-state index is 13.9. The summed E-state index contributed by atoms with van der Waals surface area (Å²) in [5, 5.41) is 105. The zero-order valence-corrected chi connectivity index (χ0v) is 66.2. The summed E-state index contributed by atoms with van der Waals surface area (Å²) in [6.07, 6.45) is 0.969. The lowest BCUT2D eigenvalue weighted by Crippen LogP contribution is -2.58. The van der Waals surface area contributed by atoms with Gasteiger partial charge in [-0.05, 0) is 87.4 Å². The molecule has 2 aliphatic heterocycles. The van der Waals surface area contributed by atoms with Gasteiger partial charge in [0.1, 0.15) is 23.9 Å². The first kappa shape index (κ1) is 95.7. The zero-order chi connectivity index (χ0) is 83.5. The molecule has 7 atom stereocenters. The van der Waals surface area contributed by atoms with Gasteiger partial charge in [-0.25, -0.2) is 23.9 Å². The number of carbonyl (C=O) groups is 9. The molecule has 5 amide bonds. The van der Waals surface area contributed by atoms with Crippen molar-refractivity contribution in [1.29, 1.82) is 0 Å². The van der Waals surface area contributed by atoms with Crippen molar-refractivity contribution in [2.45, 2.75) is 112 Å². The minimum Gasteiger partial charge on any atom is -0.494 e. The van der Waals surface area contributed by atoms with Crippen molar-refractivity contribution in [3.05, 3.63) is 65.6 Å². The Kier molecular flexibility index (Phi) is 43.7. The second-order valence-corrected chi connectivity index (χ2v) is 29.7. The van der Waals surface area contributed by atoms with Crippen LogP contribution in [0.5, 0.6) is 5.75 Å². The van der Waals surface area contributed by atoms with Crippen molar-refractivity contribution < 1.29 is 140 Å². The Bertz CT molecular complexity index is 3730. The number of hydrogen-bond donors (Lipinski definition) is 16. The third-order valence-corrected chi connectivity index (χ3v) is 21.0. The van der Waals surface area contributed by atoms with Gasteiger partial charge in [0.25, 0.3) is 5.91 Å². The Morgan fingerprint density at radius 1 is 0.643 bits per heavy atom. The number of ether oxygens (including phenoxy) is 6. The number of anilines is 1. The molecule has 44 nitrogen and oxygen atoms in total. The fraction of sp³-hybridized carbons (Fsp3) is 0.632. The molecular weight excluding hydrogens is 1590 g/mol. The van der Waals surface area contributed by atoms with Gasteiger partial charge in [-0.15, -0.1) is 8.67 Å². The number of aryl methyl sites for hydroxylation is 3. The molecule has 115 heavy (non-hydrogen) atoms. The summed E-state index contributed by atoms with van der Waals surface area (Å²) in [6, 6.07) is 4.92. The van der Waals surface area contributed by atoms with Crippen molar-refractivity contribution >= 4 is 104 Å². The number of sulfonamides is 1. The van der Waals surface area contributed by atoms with Gasteiger partial charge in [0, 0.05) is 165 Å². The number of fused-ring (bicyclic) bond motifs is 1. The highest BCUT2D eigenvalue weighted by Crippen LogP contribution is 2.33. The maximum Gasteiger partial charge on any atom is 0.323 e. The number of imidazole rings is 1. The molecule has 16 N–H and O–H groups in total. The summed E-state index contributed by atoms with van der Waals surface area (Å²) >= 11 is 0.900. The first-order valence-electron chi connectivity index (χ1n) is 36.9. The topological polar surface area (TPSA) is 586 Å². The van der Waals surface area contributed by atoms with Crippen molar-refractivity contribution in [2.24, 2.45) is 0 Å². The number of aliphatic carboxylic acids is 4. The van der Waals surface area contributed by atoms with Crippen LogP contribution in [0, 0.1) is 13.8 Å². The van der Waals surface area contributed by atoms with Gasteiger partial charge in [-0.2, -0.15) is 9.82 Å².